The van der Waals surface area contributed by atoms with Gasteiger partial charge in [0.1, 0.15) is 6.61 Å². The van der Waals surface area contributed by atoms with Crippen LogP contribution in [-0.2, 0) is 14.3 Å². The van der Waals surface area contributed by atoms with E-state index in [9.17, 15) is 14.4 Å². The summed E-state index contributed by atoms with van der Waals surface area (Å²) in [7, 11) is 0. The Kier molecular flexibility index (Phi) is 5.67. The normalized spacial score (nSPS) is 19.0. The monoisotopic (exact) mass is 359 g/mol. The lowest BCUT2D eigenvalue weighted by Crippen LogP contribution is -2.42. The van der Waals surface area contributed by atoms with Gasteiger partial charge in [0.2, 0.25) is 5.91 Å². The van der Waals surface area contributed by atoms with E-state index in [1.54, 1.807) is 18.2 Å². The van der Waals surface area contributed by atoms with Gasteiger partial charge in [-0.2, -0.15) is 0 Å². The molecule has 4 N–H and O–H groups in total. The fourth-order valence-electron chi connectivity index (χ4n) is 2.64. The Balaban J connectivity index is 1.49. The summed E-state index contributed by atoms with van der Waals surface area (Å²) >= 11 is 0. The number of carbonyl (C=O) groups is 3. The number of carbonyl (C=O) groups excluding carboxylic acids is 3. The molecule has 0 aliphatic carbocycles. The molecule has 1 unspecified atom stereocenters. The highest BCUT2D eigenvalue weighted by Crippen LogP contribution is 2.11. The molecule has 2 amide bonds. The van der Waals surface area contributed by atoms with Gasteiger partial charge in [-0.1, -0.05) is 6.07 Å². The standard InChI is InChI=1S/C17H21N5O4/c23-14(21-13-8-15(24)26-10-13)9-20-16(25)11-3-1-4-12(7-11)22-17-18-5-2-6-19-17/h1,3-4,7,13H,2,5-6,8-10H2,(H,20,25)(H,21,23)(H2,18,19,22). The van der Waals surface area contributed by atoms with E-state index in [0.717, 1.165) is 25.2 Å². The molecule has 2 aliphatic rings. The number of cyclic esters (lactones) is 1. The van der Waals surface area contributed by atoms with Crippen molar-refractivity contribution >= 4 is 29.4 Å². The van der Waals surface area contributed by atoms with Crippen LogP contribution in [0.5, 0.6) is 0 Å². The molecule has 2 aliphatic heterocycles. The zero-order chi connectivity index (χ0) is 18.4. The molecule has 0 radical (unpaired) electrons. The van der Waals surface area contributed by atoms with E-state index in [2.05, 4.69) is 26.3 Å². The molecule has 0 bridgehead atoms. The fraction of sp³-hybridized carbons (Fsp3) is 0.412. The van der Waals surface area contributed by atoms with Gasteiger partial charge in [0.05, 0.1) is 19.0 Å². The second-order valence-corrected chi connectivity index (χ2v) is 6.05. The van der Waals surface area contributed by atoms with Gasteiger partial charge in [-0.25, -0.2) is 0 Å². The number of aliphatic imine (C=N–C) groups is 1. The van der Waals surface area contributed by atoms with Crippen LogP contribution in [0.25, 0.3) is 0 Å². The van der Waals surface area contributed by atoms with Crippen LogP contribution in [-0.4, -0.2) is 56.0 Å². The first-order chi connectivity index (χ1) is 12.6. The van der Waals surface area contributed by atoms with Crippen molar-refractivity contribution in [2.24, 2.45) is 4.99 Å². The van der Waals surface area contributed by atoms with E-state index in [0.29, 0.717) is 11.5 Å². The highest BCUT2D eigenvalue weighted by atomic mass is 16.5. The average Bonchev–Trinajstić information content (AvgIpc) is 3.05. The van der Waals surface area contributed by atoms with Gasteiger partial charge in [0, 0.05) is 24.3 Å². The van der Waals surface area contributed by atoms with E-state index < -0.39 is 0 Å². The van der Waals surface area contributed by atoms with Gasteiger partial charge >= 0.3 is 5.97 Å². The highest BCUT2D eigenvalue weighted by molar-refractivity contribution is 5.99. The molecule has 0 spiro atoms. The lowest BCUT2D eigenvalue weighted by molar-refractivity contribution is -0.138. The molecule has 1 fully saturated rings. The van der Waals surface area contributed by atoms with E-state index in [-0.39, 0.29) is 43.4 Å². The Morgan fingerprint density at radius 2 is 2.23 bits per heavy atom. The Morgan fingerprint density at radius 3 is 2.96 bits per heavy atom. The molecule has 9 heteroatoms. The minimum absolute atomic E-state index is 0.158. The third-order valence-electron chi connectivity index (χ3n) is 3.92. The molecule has 1 atom stereocenters. The molecule has 1 aromatic carbocycles. The topological polar surface area (TPSA) is 121 Å². The van der Waals surface area contributed by atoms with Crippen LogP contribution in [0, 0.1) is 0 Å². The van der Waals surface area contributed by atoms with Crippen molar-refractivity contribution in [3.05, 3.63) is 29.8 Å². The second-order valence-electron chi connectivity index (χ2n) is 6.05. The molecule has 138 valence electrons. The van der Waals surface area contributed by atoms with Gasteiger partial charge in [-0.05, 0) is 24.6 Å². The average molecular weight is 359 g/mol. The van der Waals surface area contributed by atoms with Crippen molar-refractivity contribution in [2.75, 3.05) is 31.6 Å². The number of hydrogen-bond acceptors (Lipinski definition) is 7. The zero-order valence-electron chi connectivity index (χ0n) is 14.2. The van der Waals surface area contributed by atoms with E-state index >= 15 is 0 Å². The summed E-state index contributed by atoms with van der Waals surface area (Å²) in [6, 6.07) is 6.61. The van der Waals surface area contributed by atoms with Gasteiger partial charge in [0.25, 0.3) is 5.91 Å². The molecule has 2 heterocycles. The SMILES string of the molecule is O=C(CNC(=O)c1cccc(NC2=NCCCN2)c1)NC1COC(=O)C1. The molecule has 0 saturated carbocycles. The summed E-state index contributed by atoms with van der Waals surface area (Å²) < 4.78 is 4.77. The number of benzene rings is 1. The lowest BCUT2D eigenvalue weighted by atomic mass is 10.2. The molecular weight excluding hydrogens is 338 g/mol. The number of anilines is 1. The first kappa shape index (κ1) is 17.7. The van der Waals surface area contributed by atoms with Crippen molar-refractivity contribution in [2.45, 2.75) is 18.9 Å². The number of esters is 1. The summed E-state index contributed by atoms with van der Waals surface area (Å²) in [5.74, 6) is -0.375. The predicted molar refractivity (Wildman–Crippen MR) is 94.8 cm³/mol. The van der Waals surface area contributed by atoms with Crippen molar-refractivity contribution in [3.63, 3.8) is 0 Å². The number of hydrogen-bond donors (Lipinski definition) is 4. The Labute approximate surface area is 150 Å². The Morgan fingerprint density at radius 1 is 1.35 bits per heavy atom. The quantitative estimate of drug-likeness (QED) is 0.532. The van der Waals surface area contributed by atoms with Crippen LogP contribution < -0.4 is 21.3 Å². The summed E-state index contributed by atoms with van der Waals surface area (Å²) in [5, 5.41) is 11.5. The van der Waals surface area contributed by atoms with E-state index in [1.165, 1.54) is 0 Å². The first-order valence-electron chi connectivity index (χ1n) is 8.49. The largest absolute Gasteiger partial charge is 0.463 e. The minimum atomic E-state index is -0.364. The zero-order valence-corrected chi connectivity index (χ0v) is 14.2. The molecule has 0 aromatic heterocycles. The van der Waals surface area contributed by atoms with Crippen LogP contribution in [0.1, 0.15) is 23.2 Å². The first-order valence-corrected chi connectivity index (χ1v) is 8.49. The second kappa shape index (κ2) is 8.32. The van der Waals surface area contributed by atoms with E-state index in [4.69, 9.17) is 4.74 Å². The van der Waals surface area contributed by atoms with Crippen molar-refractivity contribution in [3.8, 4) is 0 Å². The smallest absolute Gasteiger partial charge is 0.308 e. The van der Waals surface area contributed by atoms with Crippen molar-refractivity contribution < 1.29 is 19.1 Å². The molecule has 26 heavy (non-hydrogen) atoms. The van der Waals surface area contributed by atoms with Crippen LogP contribution in [0.4, 0.5) is 5.69 Å². The maximum absolute atomic E-state index is 12.2. The molecular formula is C17H21N5O4. The molecule has 1 aromatic rings. The number of ether oxygens (including phenoxy) is 1. The summed E-state index contributed by atoms with van der Waals surface area (Å²) in [5.41, 5.74) is 1.16. The van der Waals surface area contributed by atoms with Gasteiger partial charge in [0.15, 0.2) is 5.96 Å². The van der Waals surface area contributed by atoms with Crippen LogP contribution >= 0.6 is 0 Å². The van der Waals surface area contributed by atoms with Gasteiger partial charge in [-0.15, -0.1) is 0 Å². The number of nitrogens with one attached hydrogen (secondary N) is 4. The van der Waals surface area contributed by atoms with Gasteiger partial charge < -0.3 is 26.0 Å². The fourth-order valence-corrected chi connectivity index (χ4v) is 2.64. The van der Waals surface area contributed by atoms with Crippen LogP contribution in [0.15, 0.2) is 29.3 Å². The Hall–Kier alpha value is -3.10. The highest BCUT2D eigenvalue weighted by Gasteiger charge is 2.25. The summed E-state index contributed by atoms with van der Waals surface area (Å²) in [6.45, 7) is 1.63. The third-order valence-corrected chi connectivity index (χ3v) is 3.92. The third kappa shape index (κ3) is 4.95. The number of rotatable bonds is 5. The summed E-state index contributed by atoms with van der Waals surface area (Å²) in [4.78, 5) is 39.4. The maximum atomic E-state index is 12.2. The Bertz CT molecular complexity index is 734. The van der Waals surface area contributed by atoms with Gasteiger partial charge in [-0.3, -0.25) is 19.4 Å². The minimum Gasteiger partial charge on any atom is -0.463 e. The molecule has 9 nitrogen and oxygen atoms in total. The molecule has 1 saturated heterocycles. The lowest BCUT2D eigenvalue weighted by Gasteiger charge is -2.16. The maximum Gasteiger partial charge on any atom is 0.308 e. The van der Waals surface area contributed by atoms with Crippen molar-refractivity contribution in [1.29, 1.82) is 0 Å². The van der Waals surface area contributed by atoms with E-state index in [1.807, 2.05) is 6.07 Å². The van der Waals surface area contributed by atoms with Crippen LogP contribution in [0.3, 0.4) is 0 Å². The summed E-state index contributed by atoms with van der Waals surface area (Å²) in [6.07, 6.45) is 1.15. The number of nitrogens with zero attached hydrogens (tertiary/aromatic N) is 1. The molecule has 3 rings (SSSR count). The number of amides is 2. The van der Waals surface area contributed by atoms with Crippen molar-refractivity contribution in [1.82, 2.24) is 16.0 Å². The van der Waals surface area contributed by atoms with Crippen LogP contribution in [0.2, 0.25) is 0 Å². The predicted octanol–water partition coefficient (Wildman–Crippen LogP) is -0.391. The number of guanidine groups is 1.